The van der Waals surface area contributed by atoms with E-state index in [1.54, 1.807) is 0 Å². The van der Waals surface area contributed by atoms with Crippen molar-refractivity contribution < 1.29 is 42.9 Å². The molecule has 0 saturated heterocycles. The number of alkyl halides is 3. The first kappa shape index (κ1) is 27.6. The monoisotopic (exact) mass is 525 g/mol. The Morgan fingerprint density at radius 1 is 0.973 bits per heavy atom. The van der Waals surface area contributed by atoms with E-state index in [1.807, 2.05) is 5.32 Å². The highest BCUT2D eigenvalue weighted by Gasteiger charge is 2.35. The SMILES string of the molecule is O=C(O)CNC(=O)c1c(O)c(C(=O)NCC2CCCCC2)c(=O)n(Cc2ccccc2C(F)(F)F)c1O. The number of rotatable bonds is 8. The normalized spacial score (nSPS) is 14.2. The smallest absolute Gasteiger partial charge is 0.416 e. The van der Waals surface area contributed by atoms with E-state index in [9.17, 15) is 42.6 Å². The van der Waals surface area contributed by atoms with Crippen molar-refractivity contribution in [2.24, 2.45) is 5.92 Å². The first-order chi connectivity index (χ1) is 17.4. The molecule has 1 saturated carbocycles. The van der Waals surface area contributed by atoms with E-state index in [-0.39, 0.29) is 12.5 Å². The molecular formula is C24H26F3N3O7. The van der Waals surface area contributed by atoms with Crippen LogP contribution in [0.4, 0.5) is 13.2 Å². The third kappa shape index (κ3) is 6.40. The van der Waals surface area contributed by atoms with Crippen molar-refractivity contribution >= 4 is 17.8 Å². The number of aliphatic carboxylic acids is 1. The maximum Gasteiger partial charge on any atom is 0.416 e. The van der Waals surface area contributed by atoms with Gasteiger partial charge in [-0.2, -0.15) is 13.2 Å². The minimum atomic E-state index is -4.81. The number of amides is 2. The molecule has 2 amide bonds. The van der Waals surface area contributed by atoms with Crippen molar-refractivity contribution in [2.45, 2.75) is 44.8 Å². The maximum absolute atomic E-state index is 13.5. The van der Waals surface area contributed by atoms with Gasteiger partial charge in [0.2, 0.25) is 5.88 Å². The first-order valence-electron chi connectivity index (χ1n) is 11.5. The molecule has 0 aliphatic heterocycles. The molecule has 1 aromatic carbocycles. The van der Waals surface area contributed by atoms with Gasteiger partial charge in [0.15, 0.2) is 5.75 Å². The summed E-state index contributed by atoms with van der Waals surface area (Å²) in [6.45, 7) is -1.67. The molecule has 0 spiro atoms. The maximum atomic E-state index is 13.5. The van der Waals surface area contributed by atoms with Crippen molar-refractivity contribution in [2.75, 3.05) is 13.1 Å². The molecule has 1 heterocycles. The van der Waals surface area contributed by atoms with Crippen LogP contribution in [0, 0.1) is 5.92 Å². The average molecular weight is 525 g/mol. The molecule has 1 aliphatic carbocycles. The lowest BCUT2D eigenvalue weighted by molar-refractivity contribution is -0.138. The summed E-state index contributed by atoms with van der Waals surface area (Å²) in [4.78, 5) is 49.6. The quantitative estimate of drug-likeness (QED) is 0.354. The summed E-state index contributed by atoms with van der Waals surface area (Å²) in [5.74, 6) is -6.23. The Kier molecular flexibility index (Phi) is 8.46. The van der Waals surface area contributed by atoms with Crippen LogP contribution in [0.15, 0.2) is 29.1 Å². The van der Waals surface area contributed by atoms with Gasteiger partial charge in [0, 0.05) is 6.54 Å². The van der Waals surface area contributed by atoms with Gasteiger partial charge in [-0.1, -0.05) is 37.5 Å². The van der Waals surface area contributed by atoms with Crippen LogP contribution < -0.4 is 16.2 Å². The van der Waals surface area contributed by atoms with E-state index in [4.69, 9.17) is 5.11 Å². The first-order valence-corrected chi connectivity index (χ1v) is 11.5. The second-order valence-corrected chi connectivity index (χ2v) is 8.76. The molecule has 1 aliphatic rings. The summed E-state index contributed by atoms with van der Waals surface area (Å²) < 4.78 is 40.9. The zero-order valence-corrected chi connectivity index (χ0v) is 19.6. The van der Waals surface area contributed by atoms with Gasteiger partial charge in [0.1, 0.15) is 17.7 Å². The number of carboxylic acid groups (broad SMARTS) is 1. The minimum Gasteiger partial charge on any atom is -0.506 e. The van der Waals surface area contributed by atoms with Crippen LogP contribution in [0.25, 0.3) is 0 Å². The van der Waals surface area contributed by atoms with Gasteiger partial charge in [-0.25, -0.2) is 0 Å². The van der Waals surface area contributed by atoms with E-state index < -0.39 is 76.5 Å². The number of nitrogens with one attached hydrogen (secondary N) is 2. The lowest BCUT2D eigenvalue weighted by Crippen LogP contribution is -2.38. The summed E-state index contributed by atoms with van der Waals surface area (Å²) in [6, 6.07) is 4.21. The molecule has 0 atom stereocenters. The molecule has 37 heavy (non-hydrogen) atoms. The van der Waals surface area contributed by atoms with E-state index in [0.29, 0.717) is 4.57 Å². The summed E-state index contributed by atoms with van der Waals surface area (Å²) in [5, 5.41) is 34.5. The highest BCUT2D eigenvalue weighted by Crippen LogP contribution is 2.34. The second-order valence-electron chi connectivity index (χ2n) is 8.76. The molecule has 2 aromatic rings. The van der Waals surface area contributed by atoms with Gasteiger partial charge >= 0.3 is 12.1 Å². The predicted molar refractivity (Wildman–Crippen MR) is 123 cm³/mol. The fourth-order valence-corrected chi connectivity index (χ4v) is 4.32. The number of pyridine rings is 1. The van der Waals surface area contributed by atoms with Gasteiger partial charge in [0.05, 0.1) is 12.1 Å². The molecule has 5 N–H and O–H groups in total. The molecule has 0 unspecified atom stereocenters. The third-order valence-electron chi connectivity index (χ3n) is 6.19. The highest BCUT2D eigenvalue weighted by molar-refractivity contribution is 6.05. The molecule has 200 valence electrons. The Balaban J connectivity index is 2.09. The van der Waals surface area contributed by atoms with E-state index in [1.165, 1.54) is 6.07 Å². The fourth-order valence-electron chi connectivity index (χ4n) is 4.32. The number of halogens is 3. The number of aromatic hydroxyl groups is 2. The number of carbonyl (C=O) groups excluding carboxylic acids is 2. The Morgan fingerprint density at radius 3 is 2.22 bits per heavy atom. The van der Waals surface area contributed by atoms with Gasteiger partial charge in [0.25, 0.3) is 17.4 Å². The van der Waals surface area contributed by atoms with E-state index in [0.717, 1.165) is 50.3 Å². The topological polar surface area (TPSA) is 158 Å². The van der Waals surface area contributed by atoms with Crippen LogP contribution in [0.2, 0.25) is 0 Å². The lowest BCUT2D eigenvalue weighted by Gasteiger charge is -2.22. The Morgan fingerprint density at radius 2 is 1.59 bits per heavy atom. The largest absolute Gasteiger partial charge is 0.506 e. The fraction of sp³-hybridized carbons (Fsp3) is 0.417. The summed E-state index contributed by atoms with van der Waals surface area (Å²) in [6.07, 6.45) is -0.155. The molecule has 0 radical (unpaired) electrons. The molecule has 10 nitrogen and oxygen atoms in total. The van der Waals surface area contributed by atoms with Crippen molar-refractivity contribution in [1.82, 2.24) is 15.2 Å². The van der Waals surface area contributed by atoms with Crippen molar-refractivity contribution in [3.63, 3.8) is 0 Å². The van der Waals surface area contributed by atoms with E-state index >= 15 is 0 Å². The Hall–Kier alpha value is -4.03. The van der Waals surface area contributed by atoms with Crippen LogP contribution in [0.1, 0.15) is 63.9 Å². The summed E-state index contributed by atoms with van der Waals surface area (Å²) in [5.41, 5.74) is -4.88. The number of nitrogens with zero attached hydrogens (tertiary/aromatic N) is 1. The molecule has 0 bridgehead atoms. The molecule has 13 heteroatoms. The van der Waals surface area contributed by atoms with Crippen molar-refractivity contribution in [3.8, 4) is 11.6 Å². The van der Waals surface area contributed by atoms with Crippen LogP contribution >= 0.6 is 0 Å². The molecule has 3 rings (SSSR count). The zero-order valence-electron chi connectivity index (χ0n) is 19.6. The third-order valence-corrected chi connectivity index (χ3v) is 6.19. The number of hydrogen-bond donors (Lipinski definition) is 5. The van der Waals surface area contributed by atoms with Gasteiger partial charge in [-0.15, -0.1) is 0 Å². The molecule has 1 aromatic heterocycles. The standard InChI is InChI=1S/C24H26F3N3O7/c25-24(26,27)15-9-5-4-8-14(15)12-30-22(36)17(20(34)28-10-13-6-2-1-3-7-13)19(33)18(23(30)37)21(35)29-11-16(31)32/h4-5,8-9,13,33,37H,1-3,6-7,10-12H2,(H,28,34)(H,29,35)(H,31,32). The second kappa shape index (κ2) is 11.4. The molecular weight excluding hydrogens is 499 g/mol. The van der Waals surface area contributed by atoms with Gasteiger partial charge < -0.3 is 26.0 Å². The summed E-state index contributed by atoms with van der Waals surface area (Å²) in [7, 11) is 0. The van der Waals surface area contributed by atoms with Crippen LogP contribution in [-0.4, -0.2) is 50.8 Å². The number of carbonyl (C=O) groups is 3. The lowest BCUT2D eigenvalue weighted by atomic mass is 9.89. The number of hydrogen-bond acceptors (Lipinski definition) is 6. The number of aromatic nitrogens is 1. The zero-order chi connectivity index (χ0) is 27.3. The minimum absolute atomic E-state index is 0.121. The van der Waals surface area contributed by atoms with Crippen molar-refractivity contribution in [1.29, 1.82) is 0 Å². The Labute approximate surface area is 208 Å². The van der Waals surface area contributed by atoms with Gasteiger partial charge in [-0.3, -0.25) is 23.7 Å². The average Bonchev–Trinajstić information content (AvgIpc) is 2.84. The highest BCUT2D eigenvalue weighted by atomic mass is 19.4. The predicted octanol–water partition coefficient (Wildman–Crippen LogP) is 2.45. The van der Waals surface area contributed by atoms with Crippen LogP contribution in [0.3, 0.4) is 0 Å². The van der Waals surface area contributed by atoms with Crippen LogP contribution in [0.5, 0.6) is 11.6 Å². The van der Waals surface area contributed by atoms with Crippen molar-refractivity contribution in [3.05, 3.63) is 56.9 Å². The number of carboxylic acids is 1. The van der Waals surface area contributed by atoms with Crippen LogP contribution in [-0.2, 0) is 17.5 Å². The Bertz CT molecular complexity index is 1250. The summed E-state index contributed by atoms with van der Waals surface area (Å²) >= 11 is 0. The number of benzene rings is 1. The molecule has 1 fully saturated rings. The van der Waals surface area contributed by atoms with Gasteiger partial charge in [-0.05, 0) is 30.4 Å². The van der Waals surface area contributed by atoms with E-state index in [2.05, 4.69) is 5.32 Å².